The topological polar surface area (TPSA) is 0 Å². The molecular formula is C31H37Cl. The zero-order valence-corrected chi connectivity index (χ0v) is 20.3. The Labute approximate surface area is 200 Å². The molecule has 0 amide bonds. The highest BCUT2D eigenvalue weighted by Gasteiger charge is 2.21. The highest BCUT2D eigenvalue weighted by atomic mass is 35.5. The Morgan fingerprint density at radius 1 is 0.656 bits per heavy atom. The van der Waals surface area contributed by atoms with Crippen LogP contribution in [0.5, 0.6) is 0 Å². The summed E-state index contributed by atoms with van der Waals surface area (Å²) in [5.74, 6) is 2.47. The van der Waals surface area contributed by atoms with Crippen LogP contribution < -0.4 is 0 Å². The summed E-state index contributed by atoms with van der Waals surface area (Å²) in [6.45, 7) is 2.31. The van der Waals surface area contributed by atoms with Gasteiger partial charge in [-0.1, -0.05) is 99.0 Å². The van der Waals surface area contributed by atoms with E-state index in [1.807, 2.05) is 0 Å². The van der Waals surface area contributed by atoms with Crippen LogP contribution in [-0.2, 0) is 6.42 Å². The van der Waals surface area contributed by atoms with Crippen LogP contribution in [0, 0.1) is 5.92 Å². The number of aryl methyl sites for hydroxylation is 1. The van der Waals surface area contributed by atoms with Gasteiger partial charge in [0.2, 0.25) is 0 Å². The summed E-state index contributed by atoms with van der Waals surface area (Å²) in [5.41, 5.74) is 8.05. The zero-order valence-electron chi connectivity index (χ0n) is 19.5. The molecule has 0 aliphatic heterocycles. The first-order valence-corrected chi connectivity index (χ1v) is 13.2. The van der Waals surface area contributed by atoms with Crippen molar-refractivity contribution < 1.29 is 0 Å². The lowest BCUT2D eigenvalue weighted by molar-refractivity contribution is 0.304. The highest BCUT2D eigenvalue weighted by molar-refractivity contribution is 6.17. The third-order valence-corrected chi connectivity index (χ3v) is 7.57. The minimum absolute atomic E-state index is 0.727. The average molecular weight is 445 g/mol. The number of unbranched alkanes of at least 4 members (excludes halogenated alkanes) is 1. The maximum absolute atomic E-state index is 5.81. The fraction of sp³-hybridized carbons (Fsp3) is 0.419. The van der Waals surface area contributed by atoms with Crippen LogP contribution in [0.15, 0.2) is 72.8 Å². The molecule has 0 atom stereocenters. The van der Waals surface area contributed by atoms with E-state index in [9.17, 15) is 0 Å². The van der Waals surface area contributed by atoms with E-state index >= 15 is 0 Å². The van der Waals surface area contributed by atoms with Gasteiger partial charge in [-0.3, -0.25) is 0 Å². The minimum Gasteiger partial charge on any atom is -0.127 e. The predicted molar refractivity (Wildman–Crippen MR) is 141 cm³/mol. The Kier molecular flexibility index (Phi) is 8.46. The molecule has 0 aromatic heterocycles. The van der Waals surface area contributed by atoms with Gasteiger partial charge in [0, 0.05) is 5.88 Å². The summed E-state index contributed by atoms with van der Waals surface area (Å²) in [5, 5.41) is 0. The van der Waals surface area contributed by atoms with Crippen LogP contribution in [0.1, 0.15) is 75.3 Å². The van der Waals surface area contributed by atoms with Crippen LogP contribution in [0.25, 0.3) is 22.3 Å². The normalized spacial score (nSPS) is 18.6. The van der Waals surface area contributed by atoms with Gasteiger partial charge in [0.05, 0.1) is 0 Å². The molecular weight excluding hydrogens is 408 g/mol. The maximum Gasteiger partial charge on any atom is 0.0226 e. The summed E-state index contributed by atoms with van der Waals surface area (Å²) in [7, 11) is 0. The molecule has 0 saturated heterocycles. The SMILES string of the molecule is CCCCC1CCC(c2ccc(-c3ccc(-c4ccc(CCCCl)cc4)cc3)cc2)CC1. The molecule has 1 saturated carbocycles. The third kappa shape index (κ3) is 6.04. The number of hydrogen-bond acceptors (Lipinski definition) is 0. The predicted octanol–water partition coefficient (Wildman–Crippen LogP) is 9.66. The molecule has 3 aromatic rings. The first kappa shape index (κ1) is 23.1. The van der Waals surface area contributed by atoms with Crippen molar-refractivity contribution in [1.29, 1.82) is 0 Å². The molecule has 1 fully saturated rings. The first-order valence-electron chi connectivity index (χ1n) is 12.6. The molecule has 0 heterocycles. The van der Waals surface area contributed by atoms with E-state index < -0.39 is 0 Å². The van der Waals surface area contributed by atoms with Gasteiger partial charge in [0.1, 0.15) is 0 Å². The molecule has 168 valence electrons. The molecule has 1 aliphatic carbocycles. The van der Waals surface area contributed by atoms with Crippen molar-refractivity contribution in [1.82, 2.24) is 0 Å². The van der Waals surface area contributed by atoms with Gasteiger partial charge in [0.25, 0.3) is 0 Å². The Morgan fingerprint density at radius 3 is 1.66 bits per heavy atom. The zero-order chi connectivity index (χ0) is 22.2. The molecule has 1 aliphatic rings. The van der Waals surface area contributed by atoms with Gasteiger partial charge in [-0.25, -0.2) is 0 Å². The molecule has 0 radical (unpaired) electrons. The Balaban J connectivity index is 1.36. The fourth-order valence-corrected chi connectivity index (χ4v) is 5.35. The average Bonchev–Trinajstić information content (AvgIpc) is 2.87. The molecule has 3 aromatic carbocycles. The van der Waals surface area contributed by atoms with E-state index in [4.69, 9.17) is 11.6 Å². The van der Waals surface area contributed by atoms with Gasteiger partial charge < -0.3 is 0 Å². The number of benzene rings is 3. The highest BCUT2D eigenvalue weighted by Crippen LogP contribution is 2.38. The van der Waals surface area contributed by atoms with E-state index in [-0.39, 0.29) is 0 Å². The van der Waals surface area contributed by atoms with Crippen LogP contribution in [0.3, 0.4) is 0 Å². The summed E-state index contributed by atoms with van der Waals surface area (Å²) < 4.78 is 0. The molecule has 32 heavy (non-hydrogen) atoms. The maximum atomic E-state index is 5.81. The fourth-order valence-electron chi connectivity index (χ4n) is 5.21. The third-order valence-electron chi connectivity index (χ3n) is 7.30. The van der Waals surface area contributed by atoms with E-state index in [0.29, 0.717) is 0 Å². The second kappa shape index (κ2) is 11.7. The summed E-state index contributed by atoms with van der Waals surface area (Å²) in [6.07, 6.45) is 11.8. The van der Waals surface area contributed by atoms with E-state index in [0.717, 1.165) is 30.6 Å². The molecule has 0 bridgehead atoms. The molecule has 1 heteroatoms. The molecule has 4 rings (SSSR count). The second-order valence-electron chi connectivity index (χ2n) is 9.55. The number of hydrogen-bond donors (Lipinski definition) is 0. The van der Waals surface area contributed by atoms with Crippen LogP contribution in [0.4, 0.5) is 0 Å². The number of rotatable bonds is 9. The lowest BCUT2D eigenvalue weighted by Crippen LogP contribution is -2.13. The number of halogens is 1. The van der Waals surface area contributed by atoms with Gasteiger partial charge in [-0.2, -0.15) is 0 Å². The van der Waals surface area contributed by atoms with Gasteiger partial charge in [-0.05, 0) is 83.7 Å². The van der Waals surface area contributed by atoms with Crippen LogP contribution in [0.2, 0.25) is 0 Å². The van der Waals surface area contributed by atoms with Gasteiger partial charge in [-0.15, -0.1) is 11.6 Å². The Morgan fingerprint density at radius 2 is 1.16 bits per heavy atom. The van der Waals surface area contributed by atoms with Crippen molar-refractivity contribution in [2.45, 2.75) is 70.6 Å². The molecule has 0 nitrogen and oxygen atoms in total. The molecule has 0 spiro atoms. The van der Waals surface area contributed by atoms with Crippen molar-refractivity contribution in [3.63, 3.8) is 0 Å². The van der Waals surface area contributed by atoms with E-state index in [1.165, 1.54) is 78.3 Å². The van der Waals surface area contributed by atoms with Gasteiger partial charge in [0.15, 0.2) is 0 Å². The van der Waals surface area contributed by atoms with Crippen molar-refractivity contribution in [3.05, 3.63) is 83.9 Å². The van der Waals surface area contributed by atoms with Crippen LogP contribution >= 0.6 is 11.6 Å². The standard InChI is InChI=1S/C31H37Cl/c1-2-3-5-24-7-11-26(12-8-24)28-15-19-30(20-16-28)31-21-17-29(18-22-31)27-13-9-25(10-14-27)6-4-23-32/h9-10,13-22,24,26H,2-8,11-12,23H2,1H3. The van der Waals surface area contributed by atoms with Gasteiger partial charge >= 0.3 is 0 Å². The Hall–Kier alpha value is -2.05. The molecule has 0 unspecified atom stereocenters. The Bertz CT molecular complexity index is 929. The largest absolute Gasteiger partial charge is 0.127 e. The van der Waals surface area contributed by atoms with Crippen molar-refractivity contribution in [2.75, 3.05) is 5.88 Å². The summed E-state index contributed by atoms with van der Waals surface area (Å²) >= 11 is 5.81. The molecule has 0 N–H and O–H groups in total. The minimum atomic E-state index is 0.727. The number of alkyl halides is 1. The van der Waals surface area contributed by atoms with Crippen molar-refractivity contribution in [3.8, 4) is 22.3 Å². The van der Waals surface area contributed by atoms with Crippen molar-refractivity contribution >= 4 is 11.6 Å². The smallest absolute Gasteiger partial charge is 0.0226 e. The first-order chi connectivity index (χ1) is 15.8. The quantitative estimate of drug-likeness (QED) is 0.288. The van der Waals surface area contributed by atoms with E-state index in [1.54, 1.807) is 0 Å². The van der Waals surface area contributed by atoms with Crippen molar-refractivity contribution in [2.24, 2.45) is 5.92 Å². The second-order valence-corrected chi connectivity index (χ2v) is 9.93. The summed E-state index contributed by atoms with van der Waals surface area (Å²) in [6, 6.07) is 27.3. The monoisotopic (exact) mass is 444 g/mol. The lowest BCUT2D eigenvalue weighted by atomic mass is 9.77. The van der Waals surface area contributed by atoms with E-state index in [2.05, 4.69) is 79.7 Å². The lowest BCUT2D eigenvalue weighted by Gasteiger charge is -2.29. The summed E-state index contributed by atoms with van der Waals surface area (Å²) in [4.78, 5) is 0. The van der Waals surface area contributed by atoms with Crippen LogP contribution in [-0.4, -0.2) is 5.88 Å².